The van der Waals surface area contributed by atoms with Crippen molar-refractivity contribution in [3.8, 4) is 0 Å². The van der Waals surface area contributed by atoms with Gasteiger partial charge in [0.1, 0.15) is 0 Å². The summed E-state index contributed by atoms with van der Waals surface area (Å²) < 4.78 is 0. The van der Waals surface area contributed by atoms with Gasteiger partial charge in [0.05, 0.1) is 5.52 Å². The summed E-state index contributed by atoms with van der Waals surface area (Å²) in [6, 6.07) is 8.96. The number of hydrogen-bond acceptors (Lipinski definition) is 3. The zero-order valence-electron chi connectivity index (χ0n) is 11.7. The van der Waals surface area contributed by atoms with Crippen molar-refractivity contribution in [3.05, 3.63) is 35.5 Å². The van der Waals surface area contributed by atoms with Crippen LogP contribution >= 0.6 is 11.6 Å². The first-order chi connectivity index (χ1) is 9.78. The normalized spacial score (nSPS) is 22.9. The molecule has 3 rings (SSSR count). The molecule has 1 heterocycles. The van der Waals surface area contributed by atoms with E-state index in [2.05, 4.69) is 28.7 Å². The summed E-state index contributed by atoms with van der Waals surface area (Å²) in [6.07, 6.45) is 6.91. The predicted molar refractivity (Wildman–Crippen MR) is 85.5 cm³/mol. The third-order valence-corrected chi connectivity index (χ3v) is 4.42. The van der Waals surface area contributed by atoms with Crippen LogP contribution in [0.5, 0.6) is 0 Å². The van der Waals surface area contributed by atoms with Gasteiger partial charge in [-0.3, -0.25) is 4.98 Å². The molecule has 0 aliphatic heterocycles. The number of likely N-dealkylation sites (N-methyl/N-ethyl adjacent to an activating group) is 1. The van der Waals surface area contributed by atoms with Crippen molar-refractivity contribution in [3.63, 3.8) is 0 Å². The summed E-state index contributed by atoms with van der Waals surface area (Å²) in [5.74, 6) is 0. The highest BCUT2D eigenvalue weighted by Crippen LogP contribution is 2.28. The Kier molecular flexibility index (Phi) is 4.08. The second-order valence-corrected chi connectivity index (χ2v) is 5.89. The van der Waals surface area contributed by atoms with Crippen LogP contribution in [-0.4, -0.2) is 24.1 Å². The van der Waals surface area contributed by atoms with Crippen LogP contribution < -0.4 is 10.6 Å². The minimum absolute atomic E-state index is 0.482. The van der Waals surface area contributed by atoms with E-state index in [1.807, 2.05) is 24.4 Å². The first kappa shape index (κ1) is 13.7. The van der Waals surface area contributed by atoms with Gasteiger partial charge in [0.2, 0.25) is 0 Å². The number of aromatic nitrogens is 1. The van der Waals surface area contributed by atoms with Crippen LogP contribution in [0.1, 0.15) is 25.7 Å². The maximum atomic E-state index is 6.04. The number of hydrogen-bond donors (Lipinski definition) is 2. The van der Waals surface area contributed by atoms with Gasteiger partial charge in [-0.1, -0.05) is 24.4 Å². The molecule has 1 aromatic heterocycles. The Balaban J connectivity index is 1.90. The number of pyridine rings is 1. The molecule has 1 aliphatic rings. The van der Waals surface area contributed by atoms with Crippen LogP contribution in [0, 0.1) is 0 Å². The van der Waals surface area contributed by atoms with Crippen LogP contribution in [-0.2, 0) is 0 Å². The average molecular weight is 290 g/mol. The number of rotatable bonds is 3. The van der Waals surface area contributed by atoms with Gasteiger partial charge in [-0.2, -0.15) is 0 Å². The summed E-state index contributed by atoms with van der Waals surface area (Å²) in [7, 11) is 2.05. The zero-order chi connectivity index (χ0) is 13.9. The van der Waals surface area contributed by atoms with Crippen LogP contribution in [0.25, 0.3) is 10.9 Å². The monoisotopic (exact) mass is 289 g/mol. The van der Waals surface area contributed by atoms with Gasteiger partial charge in [0, 0.05) is 34.4 Å². The number of anilines is 1. The molecule has 2 atom stereocenters. The molecular weight excluding hydrogens is 270 g/mol. The minimum atomic E-state index is 0.482. The number of benzene rings is 1. The fourth-order valence-electron chi connectivity index (χ4n) is 3.10. The van der Waals surface area contributed by atoms with Gasteiger partial charge in [-0.25, -0.2) is 0 Å². The molecule has 4 heteroatoms. The van der Waals surface area contributed by atoms with E-state index in [0.29, 0.717) is 12.1 Å². The Hall–Kier alpha value is -1.32. The van der Waals surface area contributed by atoms with Gasteiger partial charge in [-0.05, 0) is 44.2 Å². The second-order valence-electron chi connectivity index (χ2n) is 5.45. The van der Waals surface area contributed by atoms with Gasteiger partial charge >= 0.3 is 0 Å². The molecular formula is C16H20ClN3. The molecule has 2 N–H and O–H groups in total. The maximum absolute atomic E-state index is 6.04. The first-order valence-electron chi connectivity index (χ1n) is 7.26. The van der Waals surface area contributed by atoms with E-state index in [9.17, 15) is 0 Å². The number of nitrogens with one attached hydrogen (secondary N) is 2. The van der Waals surface area contributed by atoms with Crippen molar-refractivity contribution >= 4 is 28.2 Å². The standard InChI is InChI=1S/C16H20ClN3/c1-18-14-4-2-3-5-15(14)20-13-8-9-19-16-10-11(17)6-7-12(13)16/h6-10,14-15,18H,2-5H2,1H3,(H,19,20)/t14-,15+/m1/s1. The molecule has 0 spiro atoms. The van der Waals surface area contributed by atoms with Gasteiger partial charge in [0.25, 0.3) is 0 Å². The zero-order valence-corrected chi connectivity index (χ0v) is 12.5. The lowest BCUT2D eigenvalue weighted by molar-refractivity contribution is 0.361. The summed E-state index contributed by atoms with van der Waals surface area (Å²) in [5.41, 5.74) is 2.10. The predicted octanol–water partition coefficient (Wildman–Crippen LogP) is 3.83. The van der Waals surface area contributed by atoms with Crippen LogP contribution in [0.2, 0.25) is 5.02 Å². The Bertz CT molecular complexity index is 599. The molecule has 1 saturated carbocycles. The Labute approximate surface area is 124 Å². The minimum Gasteiger partial charge on any atom is -0.380 e. The molecule has 1 fully saturated rings. The molecule has 0 bridgehead atoms. The molecule has 0 amide bonds. The maximum Gasteiger partial charge on any atom is 0.0737 e. The van der Waals surface area contributed by atoms with Crippen LogP contribution in [0.15, 0.2) is 30.5 Å². The SMILES string of the molecule is CN[C@@H]1CCCC[C@@H]1Nc1ccnc2cc(Cl)ccc12. The lowest BCUT2D eigenvalue weighted by atomic mass is 9.90. The first-order valence-corrected chi connectivity index (χ1v) is 7.64. The largest absolute Gasteiger partial charge is 0.380 e. The number of halogens is 1. The van der Waals surface area contributed by atoms with Crippen molar-refractivity contribution in [2.75, 3.05) is 12.4 Å². The van der Waals surface area contributed by atoms with Crippen molar-refractivity contribution < 1.29 is 0 Å². The van der Waals surface area contributed by atoms with E-state index >= 15 is 0 Å². The highest BCUT2D eigenvalue weighted by molar-refractivity contribution is 6.31. The van der Waals surface area contributed by atoms with Crippen molar-refractivity contribution in [2.24, 2.45) is 0 Å². The van der Waals surface area contributed by atoms with E-state index in [1.54, 1.807) is 0 Å². The second kappa shape index (κ2) is 5.98. The summed E-state index contributed by atoms with van der Waals surface area (Å²) in [4.78, 5) is 4.39. The number of nitrogens with zero attached hydrogens (tertiary/aromatic N) is 1. The van der Waals surface area contributed by atoms with E-state index in [-0.39, 0.29) is 0 Å². The van der Waals surface area contributed by atoms with E-state index in [4.69, 9.17) is 11.6 Å². The molecule has 106 valence electrons. The topological polar surface area (TPSA) is 37.0 Å². The molecule has 2 aromatic rings. The highest BCUT2D eigenvalue weighted by Gasteiger charge is 2.23. The number of fused-ring (bicyclic) bond motifs is 1. The quantitative estimate of drug-likeness (QED) is 0.902. The smallest absolute Gasteiger partial charge is 0.0737 e. The lowest BCUT2D eigenvalue weighted by Gasteiger charge is -2.33. The van der Waals surface area contributed by atoms with Crippen molar-refractivity contribution in [2.45, 2.75) is 37.8 Å². The fraction of sp³-hybridized carbons (Fsp3) is 0.438. The molecule has 3 nitrogen and oxygen atoms in total. The van der Waals surface area contributed by atoms with Gasteiger partial charge < -0.3 is 10.6 Å². The summed E-state index contributed by atoms with van der Waals surface area (Å²) >= 11 is 6.04. The fourth-order valence-corrected chi connectivity index (χ4v) is 3.26. The highest BCUT2D eigenvalue weighted by atomic mass is 35.5. The van der Waals surface area contributed by atoms with Crippen molar-refractivity contribution in [1.82, 2.24) is 10.3 Å². The molecule has 1 aliphatic carbocycles. The summed E-state index contributed by atoms with van der Waals surface area (Å²) in [6.45, 7) is 0. The third kappa shape index (κ3) is 2.74. The molecule has 0 unspecified atom stereocenters. The lowest BCUT2D eigenvalue weighted by Crippen LogP contribution is -2.44. The van der Waals surface area contributed by atoms with E-state index in [0.717, 1.165) is 21.6 Å². The molecule has 0 radical (unpaired) electrons. The van der Waals surface area contributed by atoms with Crippen molar-refractivity contribution in [1.29, 1.82) is 0 Å². The average Bonchev–Trinajstić information content (AvgIpc) is 2.47. The Morgan fingerprint density at radius 1 is 1.15 bits per heavy atom. The Morgan fingerprint density at radius 3 is 2.75 bits per heavy atom. The summed E-state index contributed by atoms with van der Waals surface area (Å²) in [5, 5.41) is 9.00. The van der Waals surface area contributed by atoms with Crippen LogP contribution in [0.4, 0.5) is 5.69 Å². The molecule has 0 saturated heterocycles. The van der Waals surface area contributed by atoms with Crippen LogP contribution in [0.3, 0.4) is 0 Å². The van der Waals surface area contributed by atoms with Gasteiger partial charge in [0.15, 0.2) is 0 Å². The van der Waals surface area contributed by atoms with Gasteiger partial charge in [-0.15, -0.1) is 0 Å². The van der Waals surface area contributed by atoms with E-state index in [1.165, 1.54) is 25.7 Å². The van der Waals surface area contributed by atoms with E-state index < -0.39 is 0 Å². The Morgan fingerprint density at radius 2 is 1.95 bits per heavy atom. The molecule has 1 aromatic carbocycles. The third-order valence-electron chi connectivity index (χ3n) is 4.18. The molecule has 20 heavy (non-hydrogen) atoms.